The number of halogens is 1. The molecule has 0 amide bonds. The van der Waals surface area contributed by atoms with Crippen molar-refractivity contribution in [1.29, 1.82) is 0 Å². The third-order valence-electron chi connectivity index (χ3n) is 2.60. The molecule has 0 aliphatic rings. The number of thiocarbonyl (C=S) groups is 1. The second kappa shape index (κ2) is 4.58. The molecule has 5 heteroatoms. The average Bonchev–Trinajstić information content (AvgIpc) is 2.57. The molecule has 0 aliphatic heterocycles. The minimum atomic E-state index is 0.408. The first kappa shape index (κ1) is 12.3. The van der Waals surface area contributed by atoms with Crippen LogP contribution in [0.5, 0.6) is 0 Å². The highest BCUT2D eigenvalue weighted by atomic mass is 79.9. The Morgan fingerprint density at radius 1 is 1.29 bits per heavy atom. The van der Waals surface area contributed by atoms with Crippen LogP contribution in [0.1, 0.15) is 17.0 Å². The predicted molar refractivity (Wildman–Crippen MR) is 76.6 cm³/mol. The van der Waals surface area contributed by atoms with Crippen molar-refractivity contribution in [2.75, 3.05) is 0 Å². The second-order valence-corrected chi connectivity index (χ2v) is 5.04. The van der Waals surface area contributed by atoms with Gasteiger partial charge in [0.15, 0.2) is 0 Å². The van der Waals surface area contributed by atoms with Crippen LogP contribution in [0.3, 0.4) is 0 Å². The third-order valence-corrected chi connectivity index (χ3v) is 3.98. The summed E-state index contributed by atoms with van der Waals surface area (Å²) in [5.41, 5.74) is 9.47. The van der Waals surface area contributed by atoms with Crippen molar-refractivity contribution in [1.82, 2.24) is 9.78 Å². The third kappa shape index (κ3) is 2.25. The molecule has 1 heterocycles. The van der Waals surface area contributed by atoms with Crippen molar-refractivity contribution >= 4 is 33.1 Å². The minimum absolute atomic E-state index is 0.408. The number of benzene rings is 1. The van der Waals surface area contributed by atoms with E-state index in [0.29, 0.717) is 4.99 Å². The van der Waals surface area contributed by atoms with E-state index in [0.717, 1.165) is 27.1 Å². The lowest BCUT2D eigenvalue weighted by atomic mass is 10.2. The maximum Gasteiger partial charge on any atom is 0.103 e. The Labute approximate surface area is 114 Å². The van der Waals surface area contributed by atoms with Crippen LogP contribution in [-0.4, -0.2) is 14.8 Å². The van der Waals surface area contributed by atoms with E-state index in [1.54, 1.807) is 0 Å². The highest BCUT2D eigenvalue weighted by Gasteiger charge is 2.10. The molecule has 0 unspecified atom stereocenters. The number of nitrogens with two attached hydrogens (primary N) is 1. The van der Waals surface area contributed by atoms with Gasteiger partial charge in [-0.3, -0.25) is 0 Å². The highest BCUT2D eigenvalue weighted by Crippen LogP contribution is 2.22. The summed E-state index contributed by atoms with van der Waals surface area (Å²) in [6.45, 7) is 3.99. The Balaban J connectivity index is 2.47. The van der Waals surface area contributed by atoms with Crippen LogP contribution in [0.15, 0.2) is 28.7 Å². The van der Waals surface area contributed by atoms with E-state index in [4.69, 9.17) is 18.0 Å². The van der Waals surface area contributed by atoms with Crippen LogP contribution >= 0.6 is 28.1 Å². The monoisotopic (exact) mass is 309 g/mol. The molecule has 3 nitrogen and oxygen atoms in total. The van der Waals surface area contributed by atoms with Crippen LogP contribution < -0.4 is 5.73 Å². The van der Waals surface area contributed by atoms with E-state index >= 15 is 0 Å². The average molecular weight is 310 g/mol. The largest absolute Gasteiger partial charge is 0.389 e. The normalized spacial score (nSPS) is 10.5. The first-order valence-electron chi connectivity index (χ1n) is 5.12. The van der Waals surface area contributed by atoms with E-state index in [-0.39, 0.29) is 0 Å². The zero-order valence-corrected chi connectivity index (χ0v) is 12.0. The summed E-state index contributed by atoms with van der Waals surface area (Å²) < 4.78 is 2.93. The van der Waals surface area contributed by atoms with Crippen molar-refractivity contribution in [2.45, 2.75) is 13.8 Å². The van der Waals surface area contributed by atoms with Gasteiger partial charge in [-0.25, -0.2) is 4.68 Å². The standard InChI is InChI=1S/C12H12BrN3S/c1-7-11(13)8(2)16(15-7)10-5-3-9(4-6-10)12(14)17/h3-6H,1-2H3,(H2,14,17). The van der Waals surface area contributed by atoms with Gasteiger partial charge in [0.1, 0.15) is 4.99 Å². The van der Waals surface area contributed by atoms with Crippen LogP contribution in [0.25, 0.3) is 5.69 Å². The Morgan fingerprint density at radius 2 is 1.88 bits per heavy atom. The summed E-state index contributed by atoms with van der Waals surface area (Å²) in [7, 11) is 0. The fourth-order valence-electron chi connectivity index (χ4n) is 1.64. The maximum absolute atomic E-state index is 5.56. The van der Waals surface area contributed by atoms with Gasteiger partial charge in [-0.15, -0.1) is 0 Å². The molecule has 0 saturated heterocycles. The van der Waals surface area contributed by atoms with Gasteiger partial charge < -0.3 is 5.73 Å². The summed E-state index contributed by atoms with van der Waals surface area (Å²) in [4.78, 5) is 0.408. The predicted octanol–water partition coefficient (Wildman–Crippen LogP) is 2.89. The fraction of sp³-hybridized carbons (Fsp3) is 0.167. The molecule has 17 heavy (non-hydrogen) atoms. The van der Waals surface area contributed by atoms with E-state index in [1.807, 2.05) is 42.8 Å². The summed E-state index contributed by atoms with van der Waals surface area (Å²) in [5.74, 6) is 0. The van der Waals surface area contributed by atoms with Crippen molar-refractivity contribution in [3.05, 3.63) is 45.7 Å². The van der Waals surface area contributed by atoms with Gasteiger partial charge in [0, 0.05) is 5.56 Å². The van der Waals surface area contributed by atoms with Gasteiger partial charge in [0.2, 0.25) is 0 Å². The second-order valence-electron chi connectivity index (χ2n) is 3.81. The first-order valence-corrected chi connectivity index (χ1v) is 6.33. The SMILES string of the molecule is Cc1nn(-c2ccc(C(N)=S)cc2)c(C)c1Br. The summed E-state index contributed by atoms with van der Waals surface area (Å²) in [5, 5.41) is 4.46. The first-order chi connectivity index (χ1) is 8.00. The molecular formula is C12H12BrN3S. The van der Waals surface area contributed by atoms with Crippen LogP contribution in [0.2, 0.25) is 0 Å². The molecule has 2 rings (SSSR count). The van der Waals surface area contributed by atoms with E-state index in [2.05, 4.69) is 21.0 Å². The number of rotatable bonds is 2. The maximum atomic E-state index is 5.56. The number of hydrogen-bond acceptors (Lipinski definition) is 2. The molecule has 2 N–H and O–H groups in total. The van der Waals surface area contributed by atoms with Crippen LogP contribution in [-0.2, 0) is 0 Å². The Bertz CT molecular complexity index is 572. The van der Waals surface area contributed by atoms with Crippen molar-refractivity contribution < 1.29 is 0 Å². The van der Waals surface area contributed by atoms with Crippen molar-refractivity contribution in [2.24, 2.45) is 5.73 Å². The molecule has 0 saturated carbocycles. The Morgan fingerprint density at radius 3 is 2.29 bits per heavy atom. The van der Waals surface area contributed by atoms with Gasteiger partial charge >= 0.3 is 0 Å². The quantitative estimate of drug-likeness (QED) is 0.868. The molecule has 0 spiro atoms. The Hall–Kier alpha value is -1.20. The molecule has 0 atom stereocenters. The molecule has 0 bridgehead atoms. The smallest absolute Gasteiger partial charge is 0.103 e. The molecule has 88 valence electrons. The summed E-state index contributed by atoms with van der Waals surface area (Å²) in [6.07, 6.45) is 0. The number of aromatic nitrogens is 2. The molecule has 0 radical (unpaired) electrons. The van der Waals surface area contributed by atoms with Gasteiger partial charge in [0.25, 0.3) is 0 Å². The number of nitrogens with zero attached hydrogens (tertiary/aromatic N) is 2. The van der Waals surface area contributed by atoms with Gasteiger partial charge in [-0.05, 0) is 54.0 Å². The van der Waals surface area contributed by atoms with Crippen molar-refractivity contribution in [3.63, 3.8) is 0 Å². The van der Waals surface area contributed by atoms with Crippen molar-refractivity contribution in [3.8, 4) is 5.69 Å². The number of aryl methyl sites for hydroxylation is 1. The molecule has 1 aromatic heterocycles. The number of hydrogen-bond donors (Lipinski definition) is 1. The van der Waals surface area contributed by atoms with Gasteiger partial charge in [0.05, 0.1) is 21.5 Å². The molecule has 1 aromatic carbocycles. The van der Waals surface area contributed by atoms with E-state index < -0.39 is 0 Å². The van der Waals surface area contributed by atoms with Crippen LogP contribution in [0, 0.1) is 13.8 Å². The Kier molecular flexibility index (Phi) is 3.31. The zero-order chi connectivity index (χ0) is 12.6. The highest BCUT2D eigenvalue weighted by molar-refractivity contribution is 9.10. The molecular weight excluding hydrogens is 298 g/mol. The van der Waals surface area contributed by atoms with Crippen LogP contribution in [0.4, 0.5) is 0 Å². The van der Waals surface area contributed by atoms with E-state index in [1.165, 1.54) is 0 Å². The summed E-state index contributed by atoms with van der Waals surface area (Å²) in [6, 6.07) is 7.73. The lowest BCUT2D eigenvalue weighted by molar-refractivity contribution is 0.833. The topological polar surface area (TPSA) is 43.8 Å². The molecule has 2 aromatic rings. The van der Waals surface area contributed by atoms with Gasteiger partial charge in [-0.2, -0.15) is 5.10 Å². The fourth-order valence-corrected chi connectivity index (χ4v) is 2.03. The zero-order valence-electron chi connectivity index (χ0n) is 9.57. The minimum Gasteiger partial charge on any atom is -0.389 e. The lowest BCUT2D eigenvalue weighted by Crippen LogP contribution is -2.09. The lowest BCUT2D eigenvalue weighted by Gasteiger charge is -2.05. The molecule has 0 fully saturated rings. The van der Waals surface area contributed by atoms with Gasteiger partial charge in [-0.1, -0.05) is 12.2 Å². The summed E-state index contributed by atoms with van der Waals surface area (Å²) >= 11 is 8.43. The van der Waals surface area contributed by atoms with E-state index in [9.17, 15) is 0 Å². The molecule has 0 aliphatic carbocycles.